The van der Waals surface area contributed by atoms with Gasteiger partial charge in [-0.2, -0.15) is 0 Å². The van der Waals surface area contributed by atoms with Gasteiger partial charge in [0.1, 0.15) is 18.1 Å². The van der Waals surface area contributed by atoms with Crippen molar-refractivity contribution in [3.05, 3.63) is 48.1 Å². The Hall–Kier alpha value is -2.08. The lowest BCUT2D eigenvalue weighted by Gasteiger charge is -2.34. The SMILES string of the molecule is C=C/C=C1/C=C(F)C=C(F)C1=NCC(=O)N(C(C)C)[C@H](CC)CNC. The summed E-state index contributed by atoms with van der Waals surface area (Å²) in [6, 6.07) is 0.0308. The van der Waals surface area contributed by atoms with Crippen molar-refractivity contribution in [1.29, 1.82) is 0 Å². The third-order valence-electron chi connectivity index (χ3n) is 3.88. The molecule has 4 nitrogen and oxygen atoms in total. The second-order valence-corrected chi connectivity index (χ2v) is 6.06. The molecule has 0 unspecified atom stereocenters. The van der Waals surface area contributed by atoms with Gasteiger partial charge in [-0.1, -0.05) is 25.7 Å². The van der Waals surface area contributed by atoms with E-state index < -0.39 is 11.7 Å². The minimum atomic E-state index is -0.792. The van der Waals surface area contributed by atoms with Crippen LogP contribution in [0.2, 0.25) is 0 Å². The minimum absolute atomic E-state index is 0.00160. The smallest absolute Gasteiger partial charge is 0.244 e. The summed E-state index contributed by atoms with van der Waals surface area (Å²) in [5.74, 6) is -1.68. The molecule has 1 aliphatic carbocycles. The van der Waals surface area contributed by atoms with Gasteiger partial charge in [-0.05, 0) is 33.4 Å². The van der Waals surface area contributed by atoms with Crippen molar-refractivity contribution in [3.8, 4) is 0 Å². The normalized spacial score (nSPS) is 19.0. The highest BCUT2D eigenvalue weighted by molar-refractivity contribution is 6.14. The first kappa shape index (κ1) is 21.0. The fourth-order valence-electron chi connectivity index (χ4n) is 2.82. The van der Waals surface area contributed by atoms with Gasteiger partial charge in [-0.25, -0.2) is 8.78 Å². The molecule has 25 heavy (non-hydrogen) atoms. The summed E-state index contributed by atoms with van der Waals surface area (Å²) in [7, 11) is 1.83. The molecule has 0 spiro atoms. The maximum absolute atomic E-state index is 14.1. The van der Waals surface area contributed by atoms with Crippen LogP contribution in [0.15, 0.2) is 53.1 Å². The fraction of sp³-hybridized carbons (Fsp3) is 0.474. The van der Waals surface area contributed by atoms with E-state index in [9.17, 15) is 13.6 Å². The summed E-state index contributed by atoms with van der Waals surface area (Å²) in [4.78, 5) is 18.5. The van der Waals surface area contributed by atoms with Crippen molar-refractivity contribution < 1.29 is 13.6 Å². The molecule has 0 aromatic carbocycles. The number of carbonyl (C=O) groups is 1. The van der Waals surface area contributed by atoms with E-state index in [1.54, 1.807) is 4.90 Å². The molecule has 138 valence electrons. The molecule has 0 aromatic heterocycles. The van der Waals surface area contributed by atoms with E-state index in [0.717, 1.165) is 12.5 Å². The average molecular weight is 351 g/mol. The van der Waals surface area contributed by atoms with Crippen molar-refractivity contribution >= 4 is 11.6 Å². The molecule has 1 rings (SSSR count). The van der Waals surface area contributed by atoms with Crippen LogP contribution in [0.3, 0.4) is 0 Å². The molecule has 1 amide bonds. The van der Waals surface area contributed by atoms with Crippen LogP contribution in [-0.2, 0) is 4.79 Å². The van der Waals surface area contributed by atoms with Gasteiger partial charge in [-0.3, -0.25) is 9.79 Å². The number of rotatable bonds is 8. The van der Waals surface area contributed by atoms with Crippen LogP contribution >= 0.6 is 0 Å². The Morgan fingerprint density at radius 2 is 2.08 bits per heavy atom. The Kier molecular flexibility index (Phi) is 8.41. The standard InChI is InChI=1S/C19H27F2N3O/c1-6-8-14-9-15(20)10-17(21)19(14)23-12-18(25)24(13(3)4)16(7-2)11-22-5/h6,8-10,13,16,22H,1,7,11-12H2,2-5H3/b14-8-,23-19?/t16-/m1/s1. The number of nitrogens with zero attached hydrogens (tertiary/aromatic N) is 2. The molecule has 0 bridgehead atoms. The summed E-state index contributed by atoms with van der Waals surface area (Å²) < 4.78 is 27.4. The molecule has 0 aliphatic heterocycles. The molecule has 1 aliphatic rings. The van der Waals surface area contributed by atoms with Gasteiger partial charge < -0.3 is 10.2 Å². The zero-order chi connectivity index (χ0) is 19.0. The quantitative estimate of drug-likeness (QED) is 0.727. The first-order valence-electron chi connectivity index (χ1n) is 8.43. The molecule has 0 saturated heterocycles. The highest BCUT2D eigenvalue weighted by Crippen LogP contribution is 2.22. The first-order valence-corrected chi connectivity index (χ1v) is 8.43. The number of hydrogen-bond acceptors (Lipinski definition) is 3. The number of aliphatic imine (C=N–C) groups is 1. The second kappa shape index (κ2) is 10.0. The van der Waals surface area contributed by atoms with Gasteiger partial charge in [0.2, 0.25) is 5.91 Å². The zero-order valence-electron chi connectivity index (χ0n) is 15.4. The van der Waals surface area contributed by atoms with Crippen molar-refractivity contribution in [1.82, 2.24) is 10.2 Å². The van der Waals surface area contributed by atoms with E-state index in [1.165, 1.54) is 18.2 Å². The van der Waals surface area contributed by atoms with Gasteiger partial charge in [0.05, 0.1) is 0 Å². The number of nitrogens with one attached hydrogen (secondary N) is 1. The fourth-order valence-corrected chi connectivity index (χ4v) is 2.82. The number of hydrogen-bond donors (Lipinski definition) is 1. The molecule has 0 fully saturated rings. The molecule has 0 radical (unpaired) electrons. The Labute approximate surface area is 148 Å². The lowest BCUT2D eigenvalue weighted by molar-refractivity contribution is -0.133. The topological polar surface area (TPSA) is 44.7 Å². The number of allylic oxidation sites excluding steroid dienone is 7. The van der Waals surface area contributed by atoms with Crippen LogP contribution in [0.5, 0.6) is 0 Å². The average Bonchev–Trinajstić information content (AvgIpc) is 2.53. The van der Waals surface area contributed by atoms with Crippen LogP contribution < -0.4 is 5.32 Å². The Morgan fingerprint density at radius 1 is 1.40 bits per heavy atom. The third kappa shape index (κ3) is 5.74. The van der Waals surface area contributed by atoms with Crippen LogP contribution in [0.25, 0.3) is 0 Å². The van der Waals surface area contributed by atoms with E-state index in [-0.39, 0.29) is 35.8 Å². The molecule has 1 N–H and O–H groups in total. The largest absolute Gasteiger partial charge is 0.334 e. The Bertz CT molecular complexity index is 618. The third-order valence-corrected chi connectivity index (χ3v) is 3.88. The van der Waals surface area contributed by atoms with E-state index in [2.05, 4.69) is 16.9 Å². The number of likely N-dealkylation sites (N-methyl/N-ethyl adjacent to an activating group) is 1. The number of carbonyl (C=O) groups excluding carboxylic acids is 1. The number of amides is 1. The minimum Gasteiger partial charge on any atom is -0.334 e. The van der Waals surface area contributed by atoms with Crippen LogP contribution in [0.1, 0.15) is 27.2 Å². The lowest BCUT2D eigenvalue weighted by atomic mass is 10.0. The van der Waals surface area contributed by atoms with Crippen LogP contribution in [0.4, 0.5) is 8.78 Å². The predicted molar refractivity (Wildman–Crippen MR) is 99.0 cm³/mol. The van der Waals surface area contributed by atoms with E-state index in [1.807, 2.05) is 27.8 Å². The molecular weight excluding hydrogens is 324 g/mol. The molecule has 0 saturated carbocycles. The van der Waals surface area contributed by atoms with Gasteiger partial charge >= 0.3 is 0 Å². The maximum atomic E-state index is 14.1. The van der Waals surface area contributed by atoms with Gasteiger partial charge in [0.25, 0.3) is 0 Å². The predicted octanol–water partition coefficient (Wildman–Crippen LogP) is 3.50. The Morgan fingerprint density at radius 3 is 2.60 bits per heavy atom. The van der Waals surface area contributed by atoms with Crippen LogP contribution in [-0.4, -0.2) is 48.7 Å². The number of halogens is 2. The monoisotopic (exact) mass is 351 g/mol. The summed E-state index contributed by atoms with van der Waals surface area (Å²) in [6.45, 7) is 9.89. The van der Waals surface area contributed by atoms with Gasteiger partial charge in [-0.15, -0.1) is 0 Å². The first-order chi connectivity index (χ1) is 11.8. The highest BCUT2D eigenvalue weighted by atomic mass is 19.1. The van der Waals surface area contributed by atoms with E-state index in [4.69, 9.17) is 0 Å². The van der Waals surface area contributed by atoms with Crippen molar-refractivity contribution in [3.63, 3.8) is 0 Å². The van der Waals surface area contributed by atoms with Crippen molar-refractivity contribution in [2.75, 3.05) is 20.1 Å². The second-order valence-electron chi connectivity index (χ2n) is 6.06. The molecule has 0 heterocycles. The van der Waals surface area contributed by atoms with Gasteiger partial charge in [0, 0.05) is 30.3 Å². The van der Waals surface area contributed by atoms with E-state index in [0.29, 0.717) is 6.54 Å². The van der Waals surface area contributed by atoms with E-state index >= 15 is 0 Å². The maximum Gasteiger partial charge on any atom is 0.244 e. The highest BCUT2D eigenvalue weighted by Gasteiger charge is 2.25. The summed E-state index contributed by atoms with van der Waals surface area (Å²) in [6.07, 6.45) is 5.62. The lowest BCUT2D eigenvalue weighted by Crippen LogP contribution is -2.49. The van der Waals surface area contributed by atoms with Crippen LogP contribution in [0, 0.1) is 0 Å². The Balaban J connectivity index is 3.04. The summed E-state index contributed by atoms with van der Waals surface area (Å²) >= 11 is 0. The molecule has 1 atom stereocenters. The van der Waals surface area contributed by atoms with Crippen molar-refractivity contribution in [2.24, 2.45) is 4.99 Å². The zero-order valence-corrected chi connectivity index (χ0v) is 15.4. The van der Waals surface area contributed by atoms with Gasteiger partial charge in [0.15, 0.2) is 5.83 Å². The molecule has 6 heteroatoms. The van der Waals surface area contributed by atoms with Crippen molar-refractivity contribution in [2.45, 2.75) is 39.3 Å². The summed E-state index contributed by atoms with van der Waals surface area (Å²) in [5.41, 5.74) is 0.235. The summed E-state index contributed by atoms with van der Waals surface area (Å²) in [5, 5.41) is 3.08. The molecule has 0 aromatic rings. The molecular formula is C19H27F2N3O.